The van der Waals surface area contributed by atoms with Gasteiger partial charge in [0.15, 0.2) is 4.80 Å². The minimum Gasteiger partial charge on any atom is -0.497 e. The third-order valence-corrected chi connectivity index (χ3v) is 5.02. The molecule has 3 aromatic rings. The minimum atomic E-state index is -0.539. The molecule has 0 fully saturated rings. The summed E-state index contributed by atoms with van der Waals surface area (Å²) in [7, 11) is 2.95. The Kier molecular flexibility index (Phi) is 5.42. The molecule has 28 heavy (non-hydrogen) atoms. The first kappa shape index (κ1) is 19.1. The average Bonchev–Trinajstić information content (AvgIpc) is 3.04. The number of thiazole rings is 1. The Labute approximate surface area is 163 Å². The van der Waals surface area contributed by atoms with Gasteiger partial charge in [-0.05, 0) is 24.3 Å². The van der Waals surface area contributed by atoms with Gasteiger partial charge in [-0.15, -0.1) is 6.42 Å². The standard InChI is InChI=1S/C19H15N3O5S/c1-4-9-21-15-10-12(22(24)25)5-8-17(15)28-19(21)20-18(23)14-11-13(26-2)6-7-16(14)27-3/h1,5-8,10-11H,9H2,2-3H3. The lowest BCUT2D eigenvalue weighted by Crippen LogP contribution is -2.16. The summed E-state index contributed by atoms with van der Waals surface area (Å²) in [6.45, 7) is 0.114. The van der Waals surface area contributed by atoms with Crippen molar-refractivity contribution in [2.45, 2.75) is 6.54 Å². The summed E-state index contributed by atoms with van der Waals surface area (Å²) in [4.78, 5) is 27.9. The summed E-state index contributed by atoms with van der Waals surface area (Å²) in [6.07, 6.45) is 5.44. The van der Waals surface area contributed by atoms with Crippen LogP contribution in [0.4, 0.5) is 5.69 Å². The number of non-ortho nitro benzene ring substituents is 1. The number of carbonyl (C=O) groups is 1. The summed E-state index contributed by atoms with van der Waals surface area (Å²) in [5.74, 6) is 2.79. The van der Waals surface area contributed by atoms with Gasteiger partial charge in [-0.2, -0.15) is 4.99 Å². The van der Waals surface area contributed by atoms with Gasteiger partial charge in [0.2, 0.25) is 0 Å². The zero-order valence-electron chi connectivity index (χ0n) is 15.0. The Hall–Kier alpha value is -3.64. The number of rotatable bonds is 5. The maximum atomic E-state index is 12.8. The van der Waals surface area contributed by atoms with Crippen molar-refractivity contribution in [2.75, 3.05) is 14.2 Å². The number of ether oxygens (including phenoxy) is 2. The SMILES string of the molecule is C#CCn1c(=NC(=O)c2cc(OC)ccc2OC)sc2ccc([N+](=O)[O-])cc21. The normalized spacial score (nSPS) is 11.2. The highest BCUT2D eigenvalue weighted by Gasteiger charge is 2.16. The zero-order chi connectivity index (χ0) is 20.3. The van der Waals surface area contributed by atoms with E-state index in [1.807, 2.05) is 0 Å². The molecule has 0 saturated heterocycles. The van der Waals surface area contributed by atoms with Crippen LogP contribution in [0.1, 0.15) is 10.4 Å². The molecule has 142 valence electrons. The molecule has 0 aliphatic carbocycles. The summed E-state index contributed by atoms with van der Waals surface area (Å²) in [5.41, 5.74) is 0.710. The quantitative estimate of drug-likeness (QED) is 0.375. The van der Waals surface area contributed by atoms with E-state index in [1.165, 1.54) is 43.8 Å². The van der Waals surface area contributed by atoms with Crippen molar-refractivity contribution in [3.8, 4) is 23.8 Å². The van der Waals surface area contributed by atoms with Crippen LogP contribution >= 0.6 is 11.3 Å². The fourth-order valence-electron chi connectivity index (χ4n) is 2.63. The molecule has 0 spiro atoms. The second-order valence-electron chi connectivity index (χ2n) is 5.57. The van der Waals surface area contributed by atoms with Gasteiger partial charge in [0.05, 0.1) is 41.5 Å². The van der Waals surface area contributed by atoms with E-state index in [4.69, 9.17) is 15.9 Å². The molecule has 2 aromatic carbocycles. The number of nitro benzene ring substituents is 1. The van der Waals surface area contributed by atoms with Gasteiger partial charge in [-0.1, -0.05) is 17.3 Å². The number of terminal acetylenes is 1. The molecule has 9 heteroatoms. The highest BCUT2D eigenvalue weighted by molar-refractivity contribution is 7.16. The van der Waals surface area contributed by atoms with Crippen LogP contribution in [0.5, 0.6) is 11.5 Å². The van der Waals surface area contributed by atoms with Gasteiger partial charge in [0.1, 0.15) is 11.5 Å². The smallest absolute Gasteiger partial charge is 0.283 e. The summed E-state index contributed by atoms with van der Waals surface area (Å²) < 4.78 is 12.7. The molecule has 1 aromatic heterocycles. The predicted octanol–water partition coefficient (Wildman–Crippen LogP) is 3.00. The molecule has 0 saturated carbocycles. The maximum absolute atomic E-state index is 12.8. The number of hydrogen-bond donors (Lipinski definition) is 0. The molecule has 0 N–H and O–H groups in total. The third-order valence-electron chi connectivity index (χ3n) is 3.96. The van der Waals surface area contributed by atoms with Gasteiger partial charge in [0, 0.05) is 12.1 Å². The van der Waals surface area contributed by atoms with Crippen LogP contribution in [-0.4, -0.2) is 29.6 Å². The van der Waals surface area contributed by atoms with Crippen LogP contribution in [-0.2, 0) is 6.54 Å². The number of nitrogens with zero attached hydrogens (tertiary/aromatic N) is 3. The second kappa shape index (κ2) is 7.94. The van der Waals surface area contributed by atoms with E-state index >= 15 is 0 Å². The number of amides is 1. The van der Waals surface area contributed by atoms with E-state index in [-0.39, 0.29) is 17.8 Å². The number of hydrogen-bond acceptors (Lipinski definition) is 6. The van der Waals surface area contributed by atoms with Crippen molar-refractivity contribution in [1.82, 2.24) is 4.57 Å². The Morgan fingerprint density at radius 2 is 2.07 bits per heavy atom. The van der Waals surface area contributed by atoms with E-state index in [1.54, 1.807) is 22.8 Å². The molecule has 0 unspecified atom stereocenters. The Morgan fingerprint density at radius 3 is 2.71 bits per heavy atom. The van der Waals surface area contributed by atoms with Crippen LogP contribution in [0, 0.1) is 22.5 Å². The van der Waals surface area contributed by atoms with Gasteiger partial charge in [-0.3, -0.25) is 14.9 Å². The second-order valence-corrected chi connectivity index (χ2v) is 6.58. The zero-order valence-corrected chi connectivity index (χ0v) is 15.9. The maximum Gasteiger partial charge on any atom is 0.283 e. The monoisotopic (exact) mass is 397 g/mol. The molecule has 8 nitrogen and oxygen atoms in total. The highest BCUT2D eigenvalue weighted by Crippen LogP contribution is 2.26. The fourth-order valence-corrected chi connectivity index (χ4v) is 3.64. The lowest BCUT2D eigenvalue weighted by molar-refractivity contribution is -0.384. The van der Waals surface area contributed by atoms with Gasteiger partial charge < -0.3 is 14.0 Å². The molecule has 0 radical (unpaired) electrons. The first-order valence-corrected chi connectivity index (χ1v) is 8.82. The first-order chi connectivity index (χ1) is 13.5. The van der Waals surface area contributed by atoms with Crippen LogP contribution < -0.4 is 14.3 Å². The topological polar surface area (TPSA) is 96.0 Å². The van der Waals surface area contributed by atoms with E-state index in [2.05, 4.69) is 10.9 Å². The lowest BCUT2D eigenvalue weighted by atomic mass is 10.2. The van der Waals surface area contributed by atoms with Crippen molar-refractivity contribution in [3.05, 3.63) is 56.9 Å². The number of aromatic nitrogens is 1. The molecular formula is C19H15N3O5S. The van der Waals surface area contributed by atoms with Crippen molar-refractivity contribution in [2.24, 2.45) is 4.99 Å². The average molecular weight is 397 g/mol. The number of nitro groups is 1. The number of benzene rings is 2. The van der Waals surface area contributed by atoms with E-state index < -0.39 is 10.8 Å². The summed E-state index contributed by atoms with van der Waals surface area (Å²) in [5, 5.41) is 11.1. The number of carbonyl (C=O) groups excluding carboxylic acids is 1. The third kappa shape index (κ3) is 3.58. The molecule has 3 rings (SSSR count). The van der Waals surface area contributed by atoms with Crippen molar-refractivity contribution >= 4 is 33.1 Å². The van der Waals surface area contributed by atoms with Crippen molar-refractivity contribution in [1.29, 1.82) is 0 Å². The van der Waals surface area contributed by atoms with Crippen LogP contribution in [0.15, 0.2) is 41.4 Å². The molecular weight excluding hydrogens is 382 g/mol. The molecule has 1 heterocycles. The fraction of sp³-hybridized carbons (Fsp3) is 0.158. The van der Waals surface area contributed by atoms with Crippen LogP contribution in [0.25, 0.3) is 10.2 Å². The molecule has 0 bridgehead atoms. The van der Waals surface area contributed by atoms with E-state index in [0.29, 0.717) is 21.8 Å². The van der Waals surface area contributed by atoms with Crippen LogP contribution in [0.3, 0.4) is 0 Å². The van der Waals surface area contributed by atoms with E-state index in [0.717, 1.165) is 4.70 Å². The highest BCUT2D eigenvalue weighted by atomic mass is 32.1. The Balaban J connectivity index is 2.19. The van der Waals surface area contributed by atoms with Crippen molar-refractivity contribution in [3.63, 3.8) is 0 Å². The Bertz CT molecular complexity index is 1190. The summed E-state index contributed by atoms with van der Waals surface area (Å²) >= 11 is 1.22. The van der Waals surface area contributed by atoms with Gasteiger partial charge >= 0.3 is 0 Å². The van der Waals surface area contributed by atoms with Crippen LogP contribution in [0.2, 0.25) is 0 Å². The van der Waals surface area contributed by atoms with Gasteiger partial charge in [-0.25, -0.2) is 0 Å². The molecule has 0 atom stereocenters. The molecule has 1 amide bonds. The molecule has 0 aliphatic rings. The molecule has 0 aliphatic heterocycles. The number of methoxy groups -OCH3 is 2. The minimum absolute atomic E-state index is 0.0663. The largest absolute Gasteiger partial charge is 0.497 e. The Morgan fingerprint density at radius 1 is 1.29 bits per heavy atom. The summed E-state index contributed by atoms with van der Waals surface area (Å²) in [6, 6.07) is 9.25. The predicted molar refractivity (Wildman–Crippen MR) is 105 cm³/mol. The lowest BCUT2D eigenvalue weighted by Gasteiger charge is -2.07. The first-order valence-electron chi connectivity index (χ1n) is 8.00. The van der Waals surface area contributed by atoms with E-state index in [9.17, 15) is 14.9 Å². The van der Waals surface area contributed by atoms with Gasteiger partial charge in [0.25, 0.3) is 11.6 Å². The number of fused-ring (bicyclic) bond motifs is 1. The van der Waals surface area contributed by atoms with Crippen molar-refractivity contribution < 1.29 is 19.2 Å².